The van der Waals surface area contributed by atoms with Gasteiger partial charge in [0.1, 0.15) is 5.75 Å². The van der Waals surface area contributed by atoms with Gasteiger partial charge in [0.15, 0.2) is 0 Å². The third kappa shape index (κ3) is 2.90. The normalized spacial score (nSPS) is 11.2. The molecule has 2 heteroatoms. The van der Waals surface area contributed by atoms with Gasteiger partial charge >= 0.3 is 0 Å². The lowest BCUT2D eigenvalue weighted by Gasteiger charge is -2.05. The molecule has 18 heavy (non-hydrogen) atoms. The minimum atomic E-state index is 0.759. The van der Waals surface area contributed by atoms with Crippen molar-refractivity contribution in [3.05, 3.63) is 48.0 Å². The van der Waals surface area contributed by atoms with Crippen molar-refractivity contribution in [3.8, 4) is 5.75 Å². The van der Waals surface area contributed by atoms with E-state index in [4.69, 9.17) is 9.47 Å². The highest BCUT2D eigenvalue weighted by Crippen LogP contribution is 2.24. The monoisotopic (exact) mass is 242 g/mol. The number of hydrogen-bond donors (Lipinski definition) is 0. The maximum atomic E-state index is 5.24. The van der Waals surface area contributed by atoms with E-state index in [1.54, 1.807) is 14.2 Å². The first-order valence-electron chi connectivity index (χ1n) is 6.07. The molecule has 0 saturated carbocycles. The van der Waals surface area contributed by atoms with Crippen LogP contribution >= 0.6 is 0 Å². The number of ether oxygens (including phenoxy) is 2. The molecule has 0 bridgehead atoms. The molecule has 0 aliphatic carbocycles. The lowest BCUT2D eigenvalue weighted by Crippen LogP contribution is -1.85. The summed E-state index contributed by atoms with van der Waals surface area (Å²) in [6.45, 7) is 0.759. The highest BCUT2D eigenvalue weighted by molar-refractivity contribution is 5.91. The minimum absolute atomic E-state index is 0.759. The fourth-order valence-corrected chi connectivity index (χ4v) is 1.96. The van der Waals surface area contributed by atoms with E-state index in [1.807, 2.05) is 6.07 Å². The summed E-state index contributed by atoms with van der Waals surface area (Å²) in [6.07, 6.45) is 5.22. The van der Waals surface area contributed by atoms with E-state index in [0.29, 0.717) is 0 Å². The Bertz CT molecular complexity index is 544. The Hall–Kier alpha value is -1.80. The van der Waals surface area contributed by atoms with E-state index in [-0.39, 0.29) is 0 Å². The van der Waals surface area contributed by atoms with Gasteiger partial charge in [0.25, 0.3) is 0 Å². The smallest absolute Gasteiger partial charge is 0.119 e. The molecule has 0 unspecified atom stereocenters. The second-order valence-corrected chi connectivity index (χ2v) is 4.12. The van der Waals surface area contributed by atoms with Crippen molar-refractivity contribution in [3.63, 3.8) is 0 Å². The molecule has 2 aromatic rings. The number of hydrogen-bond acceptors (Lipinski definition) is 2. The number of methoxy groups -OCH3 is 2. The van der Waals surface area contributed by atoms with Crippen molar-refractivity contribution in [2.24, 2.45) is 0 Å². The van der Waals surface area contributed by atoms with Crippen LogP contribution in [0.3, 0.4) is 0 Å². The Balaban J connectivity index is 2.30. The predicted molar refractivity (Wildman–Crippen MR) is 76.0 cm³/mol. The van der Waals surface area contributed by atoms with Gasteiger partial charge in [-0.2, -0.15) is 0 Å². The van der Waals surface area contributed by atoms with Gasteiger partial charge in [-0.3, -0.25) is 0 Å². The summed E-state index contributed by atoms with van der Waals surface area (Å²) in [4.78, 5) is 0. The molecular weight excluding hydrogens is 224 g/mol. The largest absolute Gasteiger partial charge is 0.497 e. The zero-order valence-electron chi connectivity index (χ0n) is 10.8. The summed E-state index contributed by atoms with van der Waals surface area (Å²) in [5.41, 5.74) is 1.23. The predicted octanol–water partition coefficient (Wildman–Crippen LogP) is 3.90. The molecule has 2 rings (SSSR count). The average Bonchev–Trinajstić information content (AvgIpc) is 2.43. The van der Waals surface area contributed by atoms with E-state index in [9.17, 15) is 0 Å². The Morgan fingerprint density at radius 3 is 2.78 bits per heavy atom. The Labute approximate surface area is 108 Å². The third-order valence-corrected chi connectivity index (χ3v) is 2.91. The van der Waals surface area contributed by atoms with Crippen molar-refractivity contribution in [2.75, 3.05) is 20.8 Å². The van der Waals surface area contributed by atoms with Crippen LogP contribution in [0.15, 0.2) is 42.5 Å². The molecule has 2 nitrogen and oxygen atoms in total. The number of fused-ring (bicyclic) bond motifs is 1. The van der Waals surface area contributed by atoms with Crippen LogP contribution in [0.25, 0.3) is 16.8 Å². The summed E-state index contributed by atoms with van der Waals surface area (Å²) in [7, 11) is 3.41. The third-order valence-electron chi connectivity index (χ3n) is 2.91. The summed E-state index contributed by atoms with van der Waals surface area (Å²) < 4.78 is 10.3. The van der Waals surface area contributed by atoms with Gasteiger partial charge in [0.2, 0.25) is 0 Å². The molecule has 0 aliphatic heterocycles. The molecule has 2 aromatic carbocycles. The summed E-state index contributed by atoms with van der Waals surface area (Å²) in [6, 6.07) is 12.4. The van der Waals surface area contributed by atoms with Crippen LogP contribution < -0.4 is 4.74 Å². The minimum Gasteiger partial charge on any atom is -0.497 e. The second kappa shape index (κ2) is 6.22. The van der Waals surface area contributed by atoms with Gasteiger partial charge in [0.05, 0.1) is 7.11 Å². The maximum Gasteiger partial charge on any atom is 0.119 e. The second-order valence-electron chi connectivity index (χ2n) is 4.12. The van der Waals surface area contributed by atoms with Crippen LogP contribution in [0.5, 0.6) is 5.75 Å². The standard InChI is InChI=1S/C16H18O2/c1-17-11-4-3-6-13-7-5-8-14-12-15(18-2)9-10-16(13)14/h3,5-10,12H,4,11H2,1-2H3/b6-3+. The molecule has 0 aliphatic rings. The molecule has 0 heterocycles. The van der Waals surface area contributed by atoms with Gasteiger partial charge in [-0.1, -0.05) is 36.4 Å². The molecule has 94 valence electrons. The SMILES string of the molecule is COCC/C=C/c1cccc2cc(OC)ccc12. The van der Waals surface area contributed by atoms with E-state index in [1.165, 1.54) is 16.3 Å². The molecular formula is C16H18O2. The van der Waals surface area contributed by atoms with Crippen molar-refractivity contribution in [1.29, 1.82) is 0 Å². The molecule has 0 spiro atoms. The van der Waals surface area contributed by atoms with E-state index >= 15 is 0 Å². The Morgan fingerprint density at radius 2 is 2.00 bits per heavy atom. The van der Waals surface area contributed by atoms with Gasteiger partial charge in [-0.05, 0) is 34.9 Å². The van der Waals surface area contributed by atoms with E-state index in [0.717, 1.165) is 18.8 Å². The van der Waals surface area contributed by atoms with E-state index in [2.05, 4.69) is 42.5 Å². The molecule has 0 radical (unpaired) electrons. The van der Waals surface area contributed by atoms with Gasteiger partial charge < -0.3 is 9.47 Å². The maximum absolute atomic E-state index is 5.24. The summed E-state index contributed by atoms with van der Waals surface area (Å²) in [5.74, 6) is 0.892. The number of rotatable bonds is 5. The Kier molecular flexibility index (Phi) is 4.37. The molecule has 0 N–H and O–H groups in total. The van der Waals surface area contributed by atoms with Crippen molar-refractivity contribution < 1.29 is 9.47 Å². The highest BCUT2D eigenvalue weighted by atomic mass is 16.5. The van der Waals surface area contributed by atoms with Crippen molar-refractivity contribution in [2.45, 2.75) is 6.42 Å². The van der Waals surface area contributed by atoms with Crippen LogP contribution in [0.4, 0.5) is 0 Å². The topological polar surface area (TPSA) is 18.5 Å². The quantitative estimate of drug-likeness (QED) is 0.740. The summed E-state index contributed by atoms with van der Waals surface area (Å²) >= 11 is 0. The van der Waals surface area contributed by atoms with Crippen molar-refractivity contribution in [1.82, 2.24) is 0 Å². The van der Waals surface area contributed by atoms with Crippen LogP contribution in [0, 0.1) is 0 Å². The van der Waals surface area contributed by atoms with Crippen LogP contribution in [-0.4, -0.2) is 20.8 Å². The first kappa shape index (κ1) is 12.7. The first-order valence-corrected chi connectivity index (χ1v) is 6.07. The lowest BCUT2D eigenvalue weighted by molar-refractivity contribution is 0.204. The molecule has 0 saturated heterocycles. The molecule has 0 fully saturated rings. The van der Waals surface area contributed by atoms with Crippen LogP contribution in [-0.2, 0) is 4.74 Å². The van der Waals surface area contributed by atoms with Crippen LogP contribution in [0.2, 0.25) is 0 Å². The molecule has 0 atom stereocenters. The molecule has 0 aromatic heterocycles. The number of benzene rings is 2. The van der Waals surface area contributed by atoms with E-state index < -0.39 is 0 Å². The fraction of sp³-hybridized carbons (Fsp3) is 0.250. The zero-order valence-corrected chi connectivity index (χ0v) is 10.8. The van der Waals surface area contributed by atoms with Crippen LogP contribution in [0.1, 0.15) is 12.0 Å². The van der Waals surface area contributed by atoms with Gasteiger partial charge in [0, 0.05) is 13.7 Å². The van der Waals surface area contributed by atoms with Gasteiger partial charge in [-0.15, -0.1) is 0 Å². The zero-order chi connectivity index (χ0) is 12.8. The summed E-state index contributed by atoms with van der Waals surface area (Å²) in [5, 5.41) is 2.44. The lowest BCUT2D eigenvalue weighted by atomic mass is 10.0. The Morgan fingerprint density at radius 1 is 1.11 bits per heavy atom. The average molecular weight is 242 g/mol. The van der Waals surface area contributed by atoms with Gasteiger partial charge in [-0.25, -0.2) is 0 Å². The highest BCUT2D eigenvalue weighted by Gasteiger charge is 1.99. The fourth-order valence-electron chi connectivity index (χ4n) is 1.96. The first-order chi connectivity index (χ1) is 8.85. The van der Waals surface area contributed by atoms with Crippen molar-refractivity contribution >= 4 is 16.8 Å². The molecule has 0 amide bonds.